The molecule has 0 spiro atoms. The van der Waals surface area contributed by atoms with E-state index in [1.165, 1.54) is 17.3 Å². The minimum Gasteiger partial charge on any atom is -0.325 e. The second-order valence-electron chi connectivity index (χ2n) is 6.53. The van der Waals surface area contributed by atoms with Gasteiger partial charge in [-0.15, -0.1) is 5.10 Å². The first-order valence-corrected chi connectivity index (χ1v) is 9.87. The van der Waals surface area contributed by atoms with Crippen molar-refractivity contribution in [3.8, 4) is 5.69 Å². The molecule has 140 valence electrons. The lowest BCUT2D eigenvalue weighted by atomic mass is 10.1. The Hall–Kier alpha value is -3.19. The fourth-order valence-electron chi connectivity index (χ4n) is 3.11. The molecule has 4 rings (SSSR count). The van der Waals surface area contributed by atoms with Crippen LogP contribution in [0.25, 0.3) is 16.5 Å². The molecular formula is C21H19N5OS. The number of nitrogens with zero attached hydrogens (tertiary/aromatic N) is 4. The van der Waals surface area contributed by atoms with Crippen molar-refractivity contribution in [3.63, 3.8) is 0 Å². The van der Waals surface area contributed by atoms with E-state index in [-0.39, 0.29) is 11.7 Å². The minimum absolute atomic E-state index is 0.100. The first-order valence-electron chi connectivity index (χ1n) is 8.88. The zero-order chi connectivity index (χ0) is 19.5. The Bertz CT molecular complexity index is 1150. The molecule has 0 bridgehead atoms. The van der Waals surface area contributed by atoms with Crippen LogP contribution in [0.1, 0.15) is 11.1 Å². The van der Waals surface area contributed by atoms with Crippen LogP contribution in [0.4, 0.5) is 5.69 Å². The summed E-state index contributed by atoms with van der Waals surface area (Å²) in [6.45, 7) is 4.06. The molecule has 0 saturated heterocycles. The lowest BCUT2D eigenvalue weighted by Crippen LogP contribution is -2.15. The number of fused-ring (bicyclic) bond motifs is 1. The summed E-state index contributed by atoms with van der Waals surface area (Å²) in [6, 6.07) is 19.9. The van der Waals surface area contributed by atoms with Crippen molar-refractivity contribution >= 4 is 34.1 Å². The Morgan fingerprint density at radius 3 is 2.75 bits per heavy atom. The number of tetrazole rings is 1. The molecule has 7 heteroatoms. The van der Waals surface area contributed by atoms with Crippen molar-refractivity contribution in [1.82, 2.24) is 20.2 Å². The number of aryl methyl sites for hydroxylation is 2. The van der Waals surface area contributed by atoms with E-state index in [9.17, 15) is 4.79 Å². The Morgan fingerprint density at radius 1 is 1.07 bits per heavy atom. The van der Waals surface area contributed by atoms with Gasteiger partial charge >= 0.3 is 0 Å². The molecular weight excluding hydrogens is 370 g/mol. The first kappa shape index (κ1) is 18.2. The predicted octanol–water partition coefficient (Wildman–Crippen LogP) is 4.16. The molecule has 0 aliphatic rings. The molecule has 0 saturated carbocycles. The van der Waals surface area contributed by atoms with Gasteiger partial charge in [-0.3, -0.25) is 4.79 Å². The summed E-state index contributed by atoms with van der Waals surface area (Å²) in [5.41, 5.74) is 3.97. The average Bonchev–Trinajstić information content (AvgIpc) is 3.15. The number of carbonyl (C=O) groups excluding carboxylic acids is 1. The van der Waals surface area contributed by atoms with E-state index in [4.69, 9.17) is 0 Å². The van der Waals surface area contributed by atoms with Crippen molar-refractivity contribution in [2.75, 3.05) is 11.1 Å². The third-order valence-corrected chi connectivity index (χ3v) is 5.34. The molecule has 1 aromatic heterocycles. The highest BCUT2D eigenvalue weighted by Gasteiger charge is 2.14. The predicted molar refractivity (Wildman–Crippen MR) is 112 cm³/mol. The van der Waals surface area contributed by atoms with E-state index < -0.39 is 0 Å². The molecule has 0 atom stereocenters. The number of rotatable bonds is 5. The fraction of sp³-hybridized carbons (Fsp3) is 0.143. The van der Waals surface area contributed by atoms with Gasteiger partial charge in [0.15, 0.2) is 0 Å². The minimum atomic E-state index is -0.100. The van der Waals surface area contributed by atoms with E-state index in [1.807, 2.05) is 68.4 Å². The topological polar surface area (TPSA) is 72.7 Å². The summed E-state index contributed by atoms with van der Waals surface area (Å²) in [5.74, 6) is 0.116. The van der Waals surface area contributed by atoms with Crippen molar-refractivity contribution in [2.45, 2.75) is 19.0 Å². The van der Waals surface area contributed by atoms with Gasteiger partial charge in [0.05, 0.1) is 11.4 Å². The standard InChI is InChI=1S/C21H19N5OS/c1-14-10-11-19(15(2)12-14)26-21(23-24-25-26)28-13-20(27)22-18-9-5-7-16-6-3-4-8-17(16)18/h3-12H,13H2,1-2H3,(H,22,27). The van der Waals surface area contributed by atoms with E-state index in [2.05, 4.69) is 26.9 Å². The van der Waals surface area contributed by atoms with Crippen molar-refractivity contribution in [2.24, 2.45) is 0 Å². The summed E-state index contributed by atoms with van der Waals surface area (Å²) >= 11 is 1.31. The largest absolute Gasteiger partial charge is 0.325 e. The van der Waals surface area contributed by atoms with Crippen LogP contribution in [0.3, 0.4) is 0 Å². The second-order valence-corrected chi connectivity index (χ2v) is 7.47. The molecule has 1 heterocycles. The maximum atomic E-state index is 12.5. The van der Waals surface area contributed by atoms with Gasteiger partial charge in [0, 0.05) is 11.1 Å². The number of benzene rings is 3. The summed E-state index contributed by atoms with van der Waals surface area (Å²) in [4.78, 5) is 12.5. The van der Waals surface area contributed by atoms with Crippen LogP contribution in [-0.4, -0.2) is 31.9 Å². The van der Waals surface area contributed by atoms with Crippen molar-refractivity contribution in [3.05, 3.63) is 71.8 Å². The number of carbonyl (C=O) groups is 1. The molecule has 4 aromatic rings. The van der Waals surface area contributed by atoms with Gasteiger partial charge in [-0.2, -0.15) is 4.68 Å². The molecule has 0 aliphatic carbocycles. The van der Waals surface area contributed by atoms with Gasteiger partial charge in [-0.1, -0.05) is 65.9 Å². The Balaban J connectivity index is 1.48. The van der Waals surface area contributed by atoms with Crippen LogP contribution in [0.15, 0.2) is 65.8 Å². The highest BCUT2D eigenvalue weighted by atomic mass is 32.2. The summed E-state index contributed by atoms with van der Waals surface area (Å²) < 4.78 is 1.67. The number of aromatic nitrogens is 4. The molecule has 3 aromatic carbocycles. The Kier molecular flexibility index (Phi) is 5.08. The number of thioether (sulfide) groups is 1. The number of hydrogen-bond acceptors (Lipinski definition) is 5. The van der Waals surface area contributed by atoms with Crippen molar-refractivity contribution < 1.29 is 4.79 Å². The van der Waals surface area contributed by atoms with Crippen LogP contribution in [-0.2, 0) is 4.79 Å². The fourth-order valence-corrected chi connectivity index (χ4v) is 3.80. The van der Waals surface area contributed by atoms with Crippen molar-refractivity contribution in [1.29, 1.82) is 0 Å². The smallest absolute Gasteiger partial charge is 0.234 e. The summed E-state index contributed by atoms with van der Waals surface area (Å²) in [5, 5.41) is 17.6. The summed E-state index contributed by atoms with van der Waals surface area (Å²) in [6.07, 6.45) is 0. The SMILES string of the molecule is Cc1ccc(-n2nnnc2SCC(=O)Nc2cccc3ccccc23)c(C)c1. The summed E-state index contributed by atoms with van der Waals surface area (Å²) in [7, 11) is 0. The number of nitrogens with one attached hydrogen (secondary N) is 1. The normalized spacial score (nSPS) is 10.9. The third-order valence-electron chi connectivity index (χ3n) is 4.42. The van der Waals surface area contributed by atoms with Crippen LogP contribution < -0.4 is 5.32 Å². The van der Waals surface area contributed by atoms with Gasteiger partial charge < -0.3 is 5.32 Å². The van der Waals surface area contributed by atoms with Crippen LogP contribution >= 0.6 is 11.8 Å². The third kappa shape index (κ3) is 3.75. The molecule has 6 nitrogen and oxygen atoms in total. The lowest BCUT2D eigenvalue weighted by Gasteiger charge is -2.10. The maximum absolute atomic E-state index is 12.5. The highest BCUT2D eigenvalue weighted by molar-refractivity contribution is 7.99. The van der Waals surface area contributed by atoms with Gasteiger partial charge in [-0.25, -0.2) is 0 Å². The number of anilines is 1. The molecule has 28 heavy (non-hydrogen) atoms. The van der Waals surface area contributed by atoms with Crippen LogP contribution in [0.5, 0.6) is 0 Å². The van der Waals surface area contributed by atoms with Crippen LogP contribution in [0.2, 0.25) is 0 Å². The van der Waals surface area contributed by atoms with E-state index in [0.717, 1.165) is 27.7 Å². The molecule has 0 unspecified atom stereocenters. The van der Waals surface area contributed by atoms with Gasteiger partial charge in [0.1, 0.15) is 0 Å². The van der Waals surface area contributed by atoms with Crippen LogP contribution in [0, 0.1) is 13.8 Å². The first-order chi connectivity index (χ1) is 13.6. The molecule has 0 aliphatic heterocycles. The average molecular weight is 389 g/mol. The monoisotopic (exact) mass is 389 g/mol. The van der Waals surface area contributed by atoms with Gasteiger partial charge in [0.2, 0.25) is 11.1 Å². The highest BCUT2D eigenvalue weighted by Crippen LogP contribution is 2.24. The number of hydrogen-bond donors (Lipinski definition) is 1. The van der Waals surface area contributed by atoms with E-state index in [1.54, 1.807) is 4.68 Å². The number of amides is 1. The van der Waals surface area contributed by atoms with Gasteiger partial charge in [-0.05, 0) is 47.4 Å². The van der Waals surface area contributed by atoms with E-state index in [0.29, 0.717) is 5.16 Å². The Morgan fingerprint density at radius 2 is 1.89 bits per heavy atom. The Labute approximate surface area is 167 Å². The quantitative estimate of drug-likeness (QED) is 0.519. The maximum Gasteiger partial charge on any atom is 0.234 e. The zero-order valence-electron chi connectivity index (χ0n) is 15.6. The molecule has 1 N–H and O–H groups in total. The zero-order valence-corrected chi connectivity index (χ0v) is 16.4. The molecule has 1 amide bonds. The molecule has 0 fully saturated rings. The second kappa shape index (κ2) is 7.82. The molecule has 0 radical (unpaired) electrons. The van der Waals surface area contributed by atoms with E-state index >= 15 is 0 Å². The lowest BCUT2D eigenvalue weighted by molar-refractivity contribution is -0.113. The van der Waals surface area contributed by atoms with Gasteiger partial charge in [0.25, 0.3) is 0 Å².